The number of aryl methyl sites for hydroxylation is 1. The first kappa shape index (κ1) is 13.1. The highest BCUT2D eigenvalue weighted by molar-refractivity contribution is 5.72. The normalized spacial score (nSPS) is 23.8. The molecule has 2 rings (SSSR count). The molecule has 4 heteroatoms. The Kier molecular flexibility index (Phi) is 4.79. The molecule has 1 aliphatic rings. The predicted octanol–water partition coefficient (Wildman–Crippen LogP) is 2.64. The Morgan fingerprint density at radius 2 is 2.17 bits per heavy atom. The Hall–Kier alpha value is -1.32. The number of carbonyl (C=O) groups excluding carboxylic acids is 1. The van der Waals surface area contributed by atoms with Crippen LogP contribution in [0.1, 0.15) is 39.0 Å². The molecule has 0 saturated heterocycles. The van der Waals surface area contributed by atoms with Gasteiger partial charge in [-0.05, 0) is 44.9 Å². The van der Waals surface area contributed by atoms with Crippen LogP contribution >= 0.6 is 0 Å². The number of esters is 1. The van der Waals surface area contributed by atoms with Crippen LogP contribution < -0.4 is 0 Å². The fourth-order valence-electron chi connectivity index (χ4n) is 2.70. The molecule has 4 nitrogen and oxygen atoms in total. The van der Waals surface area contributed by atoms with E-state index in [0.29, 0.717) is 6.61 Å². The molecule has 0 aromatic carbocycles. The maximum atomic E-state index is 11.6. The third-order valence-electron chi connectivity index (χ3n) is 3.82. The van der Waals surface area contributed by atoms with Gasteiger partial charge < -0.3 is 9.30 Å². The molecule has 100 valence electrons. The Bertz CT molecular complexity index is 354. The molecule has 1 saturated carbocycles. The molecule has 0 radical (unpaired) electrons. The summed E-state index contributed by atoms with van der Waals surface area (Å²) in [6.07, 6.45) is 11.2. The minimum absolute atomic E-state index is 0.00515. The van der Waals surface area contributed by atoms with Crippen molar-refractivity contribution in [3.8, 4) is 0 Å². The summed E-state index contributed by atoms with van der Waals surface area (Å²) in [6, 6.07) is 0. The highest BCUT2D eigenvalue weighted by Gasteiger charge is 2.26. The zero-order chi connectivity index (χ0) is 12.8. The first-order valence-electron chi connectivity index (χ1n) is 6.92. The number of nitrogens with zero attached hydrogens (tertiary/aromatic N) is 2. The fourth-order valence-corrected chi connectivity index (χ4v) is 2.70. The minimum Gasteiger partial charge on any atom is -0.466 e. The maximum Gasteiger partial charge on any atom is 0.308 e. The second-order valence-corrected chi connectivity index (χ2v) is 5.06. The highest BCUT2D eigenvalue weighted by Crippen LogP contribution is 2.31. The van der Waals surface area contributed by atoms with Gasteiger partial charge in [-0.2, -0.15) is 0 Å². The van der Waals surface area contributed by atoms with Gasteiger partial charge in [-0.15, -0.1) is 0 Å². The van der Waals surface area contributed by atoms with Gasteiger partial charge in [0.25, 0.3) is 0 Å². The quantitative estimate of drug-likeness (QED) is 0.755. The van der Waals surface area contributed by atoms with Crippen LogP contribution in [-0.4, -0.2) is 22.1 Å². The number of rotatable bonds is 5. The molecule has 0 N–H and O–H groups in total. The first-order chi connectivity index (χ1) is 8.79. The van der Waals surface area contributed by atoms with Crippen LogP contribution in [0.15, 0.2) is 18.7 Å². The summed E-state index contributed by atoms with van der Waals surface area (Å²) in [5.74, 6) is 0.901. The van der Waals surface area contributed by atoms with E-state index in [4.69, 9.17) is 4.74 Å². The molecule has 1 aromatic rings. The maximum absolute atomic E-state index is 11.6. The van der Waals surface area contributed by atoms with E-state index >= 15 is 0 Å². The second-order valence-electron chi connectivity index (χ2n) is 5.06. The molecule has 1 aromatic heterocycles. The van der Waals surface area contributed by atoms with Crippen molar-refractivity contribution in [2.45, 2.75) is 45.6 Å². The summed E-state index contributed by atoms with van der Waals surface area (Å²) in [7, 11) is 0. The zero-order valence-corrected chi connectivity index (χ0v) is 11.0. The van der Waals surface area contributed by atoms with E-state index in [1.807, 2.05) is 25.6 Å². The SMILES string of the molecule is CCOC(=O)C1CCC(CCn2ccnc2)CC1. The molecule has 0 unspecified atom stereocenters. The lowest BCUT2D eigenvalue weighted by molar-refractivity contribution is -0.149. The van der Waals surface area contributed by atoms with Crippen LogP contribution in [0, 0.1) is 11.8 Å². The zero-order valence-electron chi connectivity index (χ0n) is 11.0. The van der Waals surface area contributed by atoms with Gasteiger partial charge in [0.05, 0.1) is 18.9 Å². The van der Waals surface area contributed by atoms with Gasteiger partial charge in [0.2, 0.25) is 0 Å². The summed E-state index contributed by atoms with van der Waals surface area (Å²) < 4.78 is 7.21. The number of imidazole rings is 1. The summed E-state index contributed by atoms with van der Waals surface area (Å²) in [5.41, 5.74) is 0. The molecule has 1 fully saturated rings. The van der Waals surface area contributed by atoms with E-state index in [9.17, 15) is 4.79 Å². The summed E-state index contributed by atoms with van der Waals surface area (Å²) in [4.78, 5) is 15.7. The van der Waals surface area contributed by atoms with Crippen LogP contribution in [0.3, 0.4) is 0 Å². The fraction of sp³-hybridized carbons (Fsp3) is 0.714. The summed E-state index contributed by atoms with van der Waals surface area (Å²) >= 11 is 0. The van der Waals surface area contributed by atoms with Crippen molar-refractivity contribution >= 4 is 5.97 Å². The van der Waals surface area contributed by atoms with Crippen molar-refractivity contribution in [2.24, 2.45) is 11.8 Å². The molecule has 0 bridgehead atoms. The van der Waals surface area contributed by atoms with E-state index < -0.39 is 0 Å². The van der Waals surface area contributed by atoms with E-state index in [1.165, 1.54) is 6.42 Å². The van der Waals surface area contributed by atoms with Gasteiger partial charge in [-0.25, -0.2) is 4.98 Å². The standard InChI is InChI=1S/C14H22N2O2/c1-2-18-14(17)13-5-3-12(4-6-13)7-9-16-10-8-15-11-16/h8,10-13H,2-7,9H2,1H3. The van der Waals surface area contributed by atoms with Crippen molar-refractivity contribution in [2.75, 3.05) is 6.61 Å². The van der Waals surface area contributed by atoms with Crippen LogP contribution in [0.5, 0.6) is 0 Å². The van der Waals surface area contributed by atoms with Gasteiger partial charge in [-0.3, -0.25) is 4.79 Å². The lowest BCUT2D eigenvalue weighted by Gasteiger charge is -2.27. The molecule has 0 spiro atoms. The third kappa shape index (κ3) is 3.59. The molecule has 0 atom stereocenters. The average Bonchev–Trinajstić information content (AvgIpc) is 2.90. The van der Waals surface area contributed by atoms with Crippen molar-refractivity contribution in [1.82, 2.24) is 9.55 Å². The lowest BCUT2D eigenvalue weighted by atomic mass is 9.80. The summed E-state index contributed by atoms with van der Waals surface area (Å²) in [6.45, 7) is 3.41. The van der Waals surface area contributed by atoms with Crippen molar-refractivity contribution < 1.29 is 9.53 Å². The van der Waals surface area contributed by atoms with Crippen LogP contribution in [0.4, 0.5) is 0 Å². The third-order valence-corrected chi connectivity index (χ3v) is 3.82. The van der Waals surface area contributed by atoms with Crippen LogP contribution in [0.25, 0.3) is 0 Å². The first-order valence-corrected chi connectivity index (χ1v) is 6.92. The Morgan fingerprint density at radius 3 is 2.78 bits per heavy atom. The Balaban J connectivity index is 1.68. The van der Waals surface area contributed by atoms with Crippen molar-refractivity contribution in [3.63, 3.8) is 0 Å². The van der Waals surface area contributed by atoms with E-state index in [1.54, 1.807) is 0 Å². The molecular weight excluding hydrogens is 228 g/mol. The number of ether oxygens (including phenoxy) is 1. The number of hydrogen-bond acceptors (Lipinski definition) is 3. The Labute approximate surface area is 108 Å². The largest absolute Gasteiger partial charge is 0.466 e. The van der Waals surface area contributed by atoms with E-state index in [2.05, 4.69) is 9.55 Å². The monoisotopic (exact) mass is 250 g/mol. The van der Waals surface area contributed by atoms with E-state index in [0.717, 1.165) is 38.1 Å². The van der Waals surface area contributed by atoms with Gasteiger partial charge in [-0.1, -0.05) is 0 Å². The van der Waals surface area contributed by atoms with Gasteiger partial charge >= 0.3 is 5.97 Å². The van der Waals surface area contributed by atoms with Crippen molar-refractivity contribution in [1.29, 1.82) is 0 Å². The van der Waals surface area contributed by atoms with Gasteiger partial charge in [0.15, 0.2) is 0 Å². The van der Waals surface area contributed by atoms with Gasteiger partial charge in [0.1, 0.15) is 0 Å². The summed E-state index contributed by atoms with van der Waals surface area (Å²) in [5, 5.41) is 0. The smallest absolute Gasteiger partial charge is 0.308 e. The lowest BCUT2D eigenvalue weighted by Crippen LogP contribution is -2.24. The molecule has 18 heavy (non-hydrogen) atoms. The average molecular weight is 250 g/mol. The number of carbonyl (C=O) groups is 1. The number of aromatic nitrogens is 2. The predicted molar refractivity (Wildman–Crippen MR) is 68.9 cm³/mol. The molecule has 1 heterocycles. The van der Waals surface area contributed by atoms with E-state index in [-0.39, 0.29) is 11.9 Å². The molecule has 0 aliphatic heterocycles. The molecular formula is C14H22N2O2. The molecule has 0 amide bonds. The highest BCUT2D eigenvalue weighted by atomic mass is 16.5. The van der Waals surface area contributed by atoms with Gasteiger partial charge in [0, 0.05) is 18.9 Å². The molecule has 1 aliphatic carbocycles. The van der Waals surface area contributed by atoms with Crippen LogP contribution in [0.2, 0.25) is 0 Å². The topological polar surface area (TPSA) is 44.1 Å². The van der Waals surface area contributed by atoms with Crippen molar-refractivity contribution in [3.05, 3.63) is 18.7 Å². The Morgan fingerprint density at radius 1 is 1.39 bits per heavy atom. The minimum atomic E-state index is 0.00515. The van der Waals surface area contributed by atoms with Crippen LogP contribution in [-0.2, 0) is 16.1 Å². The number of hydrogen-bond donors (Lipinski definition) is 0. The second kappa shape index (κ2) is 6.57.